The van der Waals surface area contributed by atoms with Gasteiger partial charge in [-0.25, -0.2) is 0 Å². The Morgan fingerprint density at radius 2 is 1.80 bits per heavy atom. The number of nitrogens with zero attached hydrogens (tertiary/aromatic N) is 2. The first-order valence-corrected chi connectivity index (χ1v) is 11.1. The number of carbonyl (C=O) groups is 1. The fraction of sp³-hybridized carbons (Fsp3) is 0.750. The topological polar surface area (TPSA) is 114 Å². The van der Waals surface area contributed by atoms with Gasteiger partial charge in [-0.3, -0.25) is 9.36 Å². The summed E-state index contributed by atoms with van der Waals surface area (Å²) in [6.07, 6.45) is 1.60. The molecule has 1 aromatic heterocycles. The molecule has 0 aliphatic heterocycles. The van der Waals surface area contributed by atoms with Gasteiger partial charge in [0, 0.05) is 13.1 Å². The minimum atomic E-state index is -0.880. The van der Waals surface area contributed by atoms with Gasteiger partial charge in [-0.05, 0) is 47.3 Å². The number of carbonyl (C=O) groups excluding carboxylic acids is 1. The lowest BCUT2D eigenvalue weighted by atomic mass is 10.1. The van der Waals surface area contributed by atoms with Crippen LogP contribution in [-0.2, 0) is 25.7 Å². The summed E-state index contributed by atoms with van der Waals surface area (Å²) in [5, 5.41) is 30.6. The number of hydrogen-bond acceptors (Lipinski definition) is 9. The van der Waals surface area contributed by atoms with Gasteiger partial charge < -0.3 is 29.6 Å². The summed E-state index contributed by atoms with van der Waals surface area (Å²) in [4.78, 5) is 17.3. The molecule has 0 aliphatic rings. The largest absolute Gasteiger partial charge is 0.494 e. The van der Waals surface area contributed by atoms with Crippen LogP contribution >= 0.6 is 11.8 Å². The molecule has 9 nitrogen and oxygen atoms in total. The second-order valence-electron chi connectivity index (χ2n) is 8.34. The third kappa shape index (κ3) is 8.73. The lowest BCUT2D eigenvalue weighted by Crippen LogP contribution is -2.34. The molecule has 174 valence electrons. The maximum absolute atomic E-state index is 11.7. The number of aliphatic hydroxyl groups excluding tert-OH is 1. The fourth-order valence-corrected chi connectivity index (χ4v) is 3.09. The molecular formula is C20H36N2O7S. The van der Waals surface area contributed by atoms with E-state index in [9.17, 15) is 20.1 Å². The molecule has 0 saturated heterocycles. The summed E-state index contributed by atoms with van der Waals surface area (Å²) in [7, 11) is 1.47. The lowest BCUT2D eigenvalue weighted by molar-refractivity contribution is -0.219. The number of hydrogen-bond donors (Lipinski definition) is 3. The summed E-state index contributed by atoms with van der Waals surface area (Å²) in [6, 6.07) is 1.52. The van der Waals surface area contributed by atoms with Gasteiger partial charge in [0.2, 0.25) is 5.88 Å². The molecule has 3 N–H and O–H groups in total. The van der Waals surface area contributed by atoms with E-state index >= 15 is 0 Å². The number of hydroxylamine groups is 2. The van der Waals surface area contributed by atoms with Gasteiger partial charge in [-0.1, -0.05) is 0 Å². The molecule has 0 aromatic carbocycles. The zero-order valence-electron chi connectivity index (χ0n) is 19.0. The molecule has 30 heavy (non-hydrogen) atoms. The maximum Gasteiger partial charge on any atom is 0.327 e. The summed E-state index contributed by atoms with van der Waals surface area (Å²) in [5.74, 6) is -0.471. The normalized spacial score (nSPS) is 13.6. The van der Waals surface area contributed by atoms with E-state index in [2.05, 4.69) is 0 Å². The average molecular weight is 449 g/mol. The Morgan fingerprint density at radius 1 is 1.20 bits per heavy atom. The van der Waals surface area contributed by atoms with Gasteiger partial charge >= 0.3 is 5.97 Å². The molecule has 0 saturated carbocycles. The number of ether oxygens (including phenoxy) is 2. The van der Waals surface area contributed by atoms with Crippen LogP contribution in [0.4, 0.5) is 0 Å². The van der Waals surface area contributed by atoms with Crippen molar-refractivity contribution in [3.63, 3.8) is 0 Å². The van der Waals surface area contributed by atoms with Gasteiger partial charge in [-0.15, -0.1) is 16.8 Å². The Morgan fingerprint density at radius 3 is 2.33 bits per heavy atom. The molecule has 1 aromatic rings. The first kappa shape index (κ1) is 26.6. The predicted molar refractivity (Wildman–Crippen MR) is 114 cm³/mol. The van der Waals surface area contributed by atoms with Crippen LogP contribution in [0.5, 0.6) is 11.8 Å². The van der Waals surface area contributed by atoms with E-state index in [4.69, 9.17) is 14.3 Å². The molecule has 10 heteroatoms. The highest BCUT2D eigenvalue weighted by molar-refractivity contribution is 7.98. The minimum absolute atomic E-state index is 0.00897. The fourth-order valence-electron chi connectivity index (χ4n) is 2.57. The maximum atomic E-state index is 11.7. The molecule has 0 spiro atoms. The van der Waals surface area contributed by atoms with Crippen molar-refractivity contribution in [3.05, 3.63) is 6.07 Å². The Bertz CT molecular complexity index is 689. The van der Waals surface area contributed by atoms with Crippen LogP contribution in [0, 0.1) is 0 Å². The zero-order chi connectivity index (χ0) is 23.1. The van der Waals surface area contributed by atoms with Gasteiger partial charge in [0.1, 0.15) is 6.23 Å². The molecule has 0 amide bonds. The Hall–Kier alpha value is -1.46. The molecule has 0 aliphatic carbocycles. The van der Waals surface area contributed by atoms with Crippen LogP contribution in [0.25, 0.3) is 0 Å². The predicted octanol–water partition coefficient (Wildman–Crippen LogP) is 2.72. The monoisotopic (exact) mass is 448 g/mol. The average Bonchev–Trinajstić information content (AvgIpc) is 2.88. The van der Waals surface area contributed by atoms with Gasteiger partial charge in [0.05, 0.1) is 42.3 Å². The van der Waals surface area contributed by atoms with Crippen molar-refractivity contribution in [2.24, 2.45) is 0 Å². The van der Waals surface area contributed by atoms with Crippen molar-refractivity contribution in [1.29, 1.82) is 0 Å². The Labute approximate surface area is 182 Å². The van der Waals surface area contributed by atoms with E-state index in [1.165, 1.54) is 36.4 Å². The van der Waals surface area contributed by atoms with E-state index < -0.39 is 23.4 Å². The highest BCUT2D eigenvalue weighted by Gasteiger charge is 2.26. The number of thioether (sulfide) groups is 1. The third-order valence-corrected chi connectivity index (χ3v) is 5.28. The van der Waals surface area contributed by atoms with E-state index in [0.29, 0.717) is 17.9 Å². The van der Waals surface area contributed by atoms with Crippen LogP contribution in [0.3, 0.4) is 0 Å². The standard InChI is InChI=1S/C20H36N2O7S/c1-14(23)21(6)29-17(25)8-10-27-19(2,3)9-11-28-20(4,5)13-22-16(24)12-15(30-7)18(22)26/h12,14,23-24,26H,8-11,13H2,1-7H3. The molecule has 1 heterocycles. The van der Waals surface area contributed by atoms with Crippen LogP contribution in [-0.4, -0.2) is 74.9 Å². The van der Waals surface area contributed by atoms with Crippen molar-refractivity contribution in [1.82, 2.24) is 9.63 Å². The zero-order valence-corrected chi connectivity index (χ0v) is 19.8. The van der Waals surface area contributed by atoms with Crippen molar-refractivity contribution in [3.8, 4) is 11.8 Å². The first-order chi connectivity index (χ1) is 13.8. The van der Waals surface area contributed by atoms with Crippen LogP contribution in [0.2, 0.25) is 0 Å². The van der Waals surface area contributed by atoms with Crippen molar-refractivity contribution < 1.29 is 34.4 Å². The Kier molecular flexibility index (Phi) is 9.96. The van der Waals surface area contributed by atoms with Gasteiger partial charge in [0.25, 0.3) is 0 Å². The lowest BCUT2D eigenvalue weighted by Gasteiger charge is -2.30. The highest BCUT2D eigenvalue weighted by Crippen LogP contribution is 2.35. The number of aromatic hydroxyl groups is 2. The second-order valence-corrected chi connectivity index (χ2v) is 9.19. The van der Waals surface area contributed by atoms with Crippen LogP contribution < -0.4 is 0 Å². The van der Waals surface area contributed by atoms with E-state index in [0.717, 1.165) is 5.06 Å². The molecule has 0 fully saturated rings. The van der Waals surface area contributed by atoms with Crippen LogP contribution in [0.1, 0.15) is 47.5 Å². The molecular weight excluding hydrogens is 412 g/mol. The minimum Gasteiger partial charge on any atom is -0.494 e. The number of aliphatic hydroxyl groups is 1. The molecule has 1 rings (SSSR count). The molecule has 0 radical (unpaired) electrons. The van der Waals surface area contributed by atoms with E-state index in [-0.39, 0.29) is 31.3 Å². The SMILES string of the molecule is CSc1cc(O)n(CC(C)(C)OCCC(C)(C)OCCC(=O)ON(C)C(C)O)c1O. The summed E-state index contributed by atoms with van der Waals surface area (Å²) < 4.78 is 13.2. The summed E-state index contributed by atoms with van der Waals surface area (Å²) >= 11 is 1.36. The van der Waals surface area contributed by atoms with Gasteiger partial charge in [0.15, 0.2) is 5.88 Å². The highest BCUT2D eigenvalue weighted by atomic mass is 32.2. The second kappa shape index (κ2) is 11.2. The Balaban J connectivity index is 2.43. The van der Waals surface area contributed by atoms with Crippen LogP contribution in [0.15, 0.2) is 11.0 Å². The van der Waals surface area contributed by atoms with E-state index in [1.54, 1.807) is 0 Å². The first-order valence-electron chi connectivity index (χ1n) is 9.83. The number of rotatable bonds is 13. The third-order valence-electron chi connectivity index (χ3n) is 4.54. The summed E-state index contributed by atoms with van der Waals surface area (Å²) in [6.45, 7) is 9.94. The van der Waals surface area contributed by atoms with Crippen molar-refractivity contribution >= 4 is 17.7 Å². The molecule has 0 bridgehead atoms. The molecule has 1 atom stereocenters. The smallest absolute Gasteiger partial charge is 0.327 e. The quantitative estimate of drug-likeness (QED) is 0.238. The summed E-state index contributed by atoms with van der Waals surface area (Å²) in [5.41, 5.74) is -1.15. The van der Waals surface area contributed by atoms with Crippen molar-refractivity contribution in [2.45, 2.75) is 76.3 Å². The van der Waals surface area contributed by atoms with Crippen molar-refractivity contribution in [2.75, 3.05) is 26.5 Å². The number of aromatic nitrogens is 1. The van der Waals surface area contributed by atoms with Gasteiger partial charge in [-0.2, -0.15) is 0 Å². The van der Waals surface area contributed by atoms with E-state index in [1.807, 2.05) is 34.0 Å². The molecule has 1 unspecified atom stereocenters.